The van der Waals surface area contributed by atoms with Gasteiger partial charge in [-0.15, -0.1) is 0 Å². The molecule has 0 unspecified atom stereocenters. The van der Waals surface area contributed by atoms with E-state index in [0.717, 1.165) is 6.07 Å². The molecule has 0 saturated heterocycles. The first kappa shape index (κ1) is 24.8. The number of hydrogen-bond acceptors (Lipinski definition) is 3. The highest BCUT2D eigenvalue weighted by atomic mass is 35.5. The zero-order chi connectivity index (χ0) is 25.2. The fourth-order valence-electron chi connectivity index (χ4n) is 3.78. The lowest BCUT2D eigenvalue weighted by Gasteiger charge is -2.18. The predicted molar refractivity (Wildman–Crippen MR) is 129 cm³/mol. The molecule has 9 heteroatoms. The zero-order valence-corrected chi connectivity index (χ0v) is 19.7. The third-order valence-electron chi connectivity index (χ3n) is 5.49. The van der Waals surface area contributed by atoms with Gasteiger partial charge >= 0.3 is 6.18 Å². The van der Waals surface area contributed by atoms with Crippen molar-refractivity contribution in [1.29, 1.82) is 0 Å². The van der Waals surface area contributed by atoms with E-state index in [1.165, 1.54) is 42.6 Å². The highest BCUT2D eigenvalue weighted by Gasteiger charge is 2.34. The summed E-state index contributed by atoms with van der Waals surface area (Å²) in [5, 5.41) is -0.515. The van der Waals surface area contributed by atoms with Crippen molar-refractivity contribution in [3.8, 4) is 11.3 Å². The van der Waals surface area contributed by atoms with E-state index in [4.69, 9.17) is 11.6 Å². The molecule has 0 fully saturated rings. The lowest BCUT2D eigenvalue weighted by atomic mass is 10.0. The summed E-state index contributed by atoms with van der Waals surface area (Å²) in [6.45, 7) is 0.114. The van der Waals surface area contributed by atoms with Crippen molar-refractivity contribution < 1.29 is 21.6 Å². The molecule has 0 N–H and O–H groups in total. The summed E-state index contributed by atoms with van der Waals surface area (Å²) in [5.41, 5.74) is 0.0117. The summed E-state index contributed by atoms with van der Waals surface area (Å²) in [4.78, 5) is 12.3. The van der Waals surface area contributed by atoms with Gasteiger partial charge in [-0.2, -0.15) is 13.2 Å². The molecule has 1 heterocycles. The molecule has 0 spiro atoms. The van der Waals surface area contributed by atoms with E-state index in [2.05, 4.69) is 0 Å². The number of rotatable bonds is 6. The Kier molecular flexibility index (Phi) is 6.87. The topological polar surface area (TPSA) is 56.1 Å². The molecule has 35 heavy (non-hydrogen) atoms. The van der Waals surface area contributed by atoms with Gasteiger partial charge in [0.25, 0.3) is 0 Å². The van der Waals surface area contributed by atoms with Crippen molar-refractivity contribution in [1.82, 2.24) is 4.57 Å². The molecule has 0 radical (unpaired) electrons. The fraction of sp³-hybridized carbons (Fsp3) is 0.115. The lowest BCUT2D eigenvalue weighted by Crippen LogP contribution is -2.13. The molecule has 0 amide bonds. The minimum atomic E-state index is -4.66. The molecule has 0 aliphatic rings. The van der Waals surface area contributed by atoms with Crippen LogP contribution in [0.2, 0.25) is 5.02 Å². The van der Waals surface area contributed by atoms with Crippen molar-refractivity contribution in [2.75, 3.05) is 0 Å². The van der Waals surface area contributed by atoms with Crippen LogP contribution in [0.1, 0.15) is 16.7 Å². The van der Waals surface area contributed by atoms with Gasteiger partial charge in [0.2, 0.25) is 0 Å². The second-order valence-electron chi connectivity index (χ2n) is 7.88. The number of halogens is 4. The van der Waals surface area contributed by atoms with Crippen molar-refractivity contribution in [2.45, 2.75) is 23.4 Å². The SMILES string of the molecule is O=c1ccn(Cc2ccccc2CS(=O)(=O)c2ccccc2)c(-c2cccc(C(F)(F)F)c2Cl)c1. The Balaban J connectivity index is 1.76. The number of pyridine rings is 1. The smallest absolute Gasteiger partial charge is 0.343 e. The summed E-state index contributed by atoms with van der Waals surface area (Å²) < 4.78 is 67.7. The molecule has 4 nitrogen and oxygen atoms in total. The second-order valence-corrected chi connectivity index (χ2v) is 10.2. The van der Waals surface area contributed by atoms with Gasteiger partial charge in [0.15, 0.2) is 15.3 Å². The molecular weight excluding hydrogens is 499 g/mol. The van der Waals surface area contributed by atoms with E-state index in [1.807, 2.05) is 0 Å². The van der Waals surface area contributed by atoms with Gasteiger partial charge in [0.05, 0.1) is 26.9 Å². The van der Waals surface area contributed by atoms with E-state index >= 15 is 0 Å². The summed E-state index contributed by atoms with van der Waals surface area (Å²) in [5.74, 6) is -0.257. The first-order chi connectivity index (χ1) is 16.6. The van der Waals surface area contributed by atoms with E-state index in [9.17, 15) is 26.4 Å². The molecule has 3 aromatic carbocycles. The van der Waals surface area contributed by atoms with Gasteiger partial charge in [0, 0.05) is 30.4 Å². The maximum absolute atomic E-state index is 13.4. The lowest BCUT2D eigenvalue weighted by molar-refractivity contribution is -0.137. The van der Waals surface area contributed by atoms with Gasteiger partial charge in [-0.25, -0.2) is 8.42 Å². The van der Waals surface area contributed by atoms with Gasteiger partial charge < -0.3 is 4.57 Å². The molecule has 1 aromatic heterocycles. The average Bonchev–Trinajstić information content (AvgIpc) is 2.81. The third kappa shape index (κ3) is 5.49. The average molecular weight is 518 g/mol. The minimum Gasteiger partial charge on any atom is -0.343 e. The van der Waals surface area contributed by atoms with E-state index in [-0.39, 0.29) is 28.5 Å². The normalized spacial score (nSPS) is 12.0. The number of nitrogens with zero attached hydrogens (tertiary/aromatic N) is 1. The Hall–Kier alpha value is -3.36. The first-order valence-corrected chi connectivity index (χ1v) is 12.5. The summed E-state index contributed by atoms with van der Waals surface area (Å²) in [7, 11) is -3.63. The van der Waals surface area contributed by atoms with E-state index in [0.29, 0.717) is 11.1 Å². The first-order valence-electron chi connectivity index (χ1n) is 10.5. The molecule has 0 saturated carbocycles. The van der Waals surface area contributed by atoms with E-state index < -0.39 is 32.0 Å². The van der Waals surface area contributed by atoms with Gasteiger partial charge in [-0.3, -0.25) is 4.79 Å². The largest absolute Gasteiger partial charge is 0.417 e. The van der Waals surface area contributed by atoms with Crippen molar-refractivity contribution in [3.63, 3.8) is 0 Å². The number of aromatic nitrogens is 1. The predicted octanol–water partition coefficient (Wildman–Crippen LogP) is 6.21. The summed E-state index contributed by atoms with van der Waals surface area (Å²) in [6.07, 6.45) is -3.21. The molecule has 4 aromatic rings. The Morgan fingerprint density at radius 2 is 1.49 bits per heavy atom. The molecule has 0 aliphatic heterocycles. The Morgan fingerprint density at radius 3 is 2.17 bits per heavy atom. The van der Waals surface area contributed by atoms with Crippen molar-refractivity contribution >= 4 is 21.4 Å². The highest BCUT2D eigenvalue weighted by molar-refractivity contribution is 7.90. The van der Waals surface area contributed by atoms with Gasteiger partial charge in [-0.05, 0) is 29.3 Å². The van der Waals surface area contributed by atoms with Crippen LogP contribution in [0.15, 0.2) is 101 Å². The monoisotopic (exact) mass is 517 g/mol. The van der Waals surface area contributed by atoms with Crippen LogP contribution in [0.3, 0.4) is 0 Å². The van der Waals surface area contributed by atoms with Crippen LogP contribution in [-0.4, -0.2) is 13.0 Å². The minimum absolute atomic E-state index is 0.0496. The van der Waals surface area contributed by atoms with Crippen LogP contribution in [-0.2, 0) is 28.3 Å². The number of alkyl halides is 3. The molecule has 0 bridgehead atoms. The highest BCUT2D eigenvalue weighted by Crippen LogP contribution is 2.39. The van der Waals surface area contributed by atoms with Crippen LogP contribution < -0.4 is 5.43 Å². The zero-order valence-electron chi connectivity index (χ0n) is 18.2. The Labute approximate surface area is 205 Å². The van der Waals surface area contributed by atoms with E-state index in [1.54, 1.807) is 47.0 Å². The standard InChI is InChI=1S/C26H19ClF3NO3S/c27-25-22(11-6-12-23(25)26(28,29)30)24-15-20(32)13-14-31(24)16-18-7-4-5-8-19(18)17-35(33,34)21-9-2-1-3-10-21/h1-15H,16-17H2. The maximum Gasteiger partial charge on any atom is 0.417 e. The Bertz CT molecular complexity index is 1530. The van der Waals surface area contributed by atoms with Crippen LogP contribution in [0, 0.1) is 0 Å². The molecule has 4 rings (SSSR count). The molecular formula is C26H19ClF3NO3S. The second kappa shape index (κ2) is 9.71. The van der Waals surface area contributed by atoms with Crippen LogP contribution >= 0.6 is 11.6 Å². The number of hydrogen-bond donors (Lipinski definition) is 0. The molecule has 0 aliphatic carbocycles. The molecule has 180 valence electrons. The van der Waals surface area contributed by atoms with Crippen LogP contribution in [0.25, 0.3) is 11.3 Å². The Morgan fingerprint density at radius 1 is 0.829 bits per heavy atom. The molecule has 0 atom stereocenters. The number of sulfone groups is 1. The van der Waals surface area contributed by atoms with Gasteiger partial charge in [0.1, 0.15) is 0 Å². The summed E-state index contributed by atoms with van der Waals surface area (Å²) >= 11 is 6.13. The van der Waals surface area contributed by atoms with Crippen LogP contribution in [0.5, 0.6) is 0 Å². The maximum atomic E-state index is 13.4. The quantitative estimate of drug-likeness (QED) is 0.305. The van der Waals surface area contributed by atoms with Crippen LogP contribution in [0.4, 0.5) is 13.2 Å². The van der Waals surface area contributed by atoms with Crippen molar-refractivity contribution in [3.05, 3.63) is 123 Å². The fourth-order valence-corrected chi connectivity index (χ4v) is 5.54. The third-order valence-corrected chi connectivity index (χ3v) is 7.58. The van der Waals surface area contributed by atoms with Gasteiger partial charge in [-0.1, -0.05) is 66.2 Å². The number of benzene rings is 3. The van der Waals surface area contributed by atoms with Crippen molar-refractivity contribution in [2.24, 2.45) is 0 Å². The summed E-state index contributed by atoms with van der Waals surface area (Å²) in [6, 6.07) is 21.0.